The number of fused-ring (bicyclic) bond motifs is 11. The number of benzene rings is 4. The summed E-state index contributed by atoms with van der Waals surface area (Å²) in [4.78, 5) is 65.9. The lowest BCUT2D eigenvalue weighted by Gasteiger charge is -2.48. The van der Waals surface area contributed by atoms with Crippen LogP contribution >= 0.6 is 0 Å². The van der Waals surface area contributed by atoms with Gasteiger partial charge in [0.15, 0.2) is 0 Å². The van der Waals surface area contributed by atoms with E-state index in [9.17, 15) is 19.2 Å². The molecule has 0 radical (unpaired) electrons. The molecule has 6 aliphatic rings. The second-order valence-electron chi connectivity index (χ2n) is 15.4. The van der Waals surface area contributed by atoms with E-state index in [1.165, 1.54) is 0 Å². The molecule has 0 spiro atoms. The average molecular weight is 693 g/mol. The number of hydrogen-bond donors (Lipinski definition) is 2. The van der Waals surface area contributed by atoms with Crippen molar-refractivity contribution in [2.45, 2.75) is 73.0 Å². The smallest absolute Gasteiger partial charge is 0.248 e. The Bertz CT molecular complexity index is 2010. The molecule has 0 saturated carbocycles. The van der Waals surface area contributed by atoms with Gasteiger partial charge in [0.25, 0.3) is 0 Å². The lowest BCUT2D eigenvalue weighted by Crippen LogP contribution is -2.67. The average Bonchev–Trinajstić information content (AvgIpc) is 3.88. The van der Waals surface area contributed by atoms with Gasteiger partial charge in [0.05, 0.1) is 10.8 Å². The summed E-state index contributed by atoms with van der Waals surface area (Å²) in [6.45, 7) is 0. The molecule has 6 heterocycles. The molecule has 10 rings (SSSR count). The topological polar surface area (TPSA) is 105 Å². The summed E-state index contributed by atoms with van der Waals surface area (Å²) in [7, 11) is 3.49. The van der Waals surface area contributed by atoms with Crippen molar-refractivity contribution in [2.75, 3.05) is 24.7 Å². The number of nitrogens with zero attached hydrogens (tertiary/aromatic N) is 4. The highest BCUT2D eigenvalue weighted by molar-refractivity contribution is 6.01. The zero-order valence-electron chi connectivity index (χ0n) is 29.1. The third-order valence-corrected chi connectivity index (χ3v) is 13.2. The number of likely N-dealkylation sites (N-methyl/N-ethyl adjacent to an activating group) is 2. The Morgan fingerprint density at radius 3 is 1.29 bits per heavy atom. The molecule has 8 atom stereocenters. The van der Waals surface area contributed by atoms with E-state index < -0.39 is 47.3 Å². The van der Waals surface area contributed by atoms with Crippen LogP contribution in [0, 0.1) is 0 Å². The van der Waals surface area contributed by atoms with Crippen molar-refractivity contribution >= 4 is 35.0 Å². The van der Waals surface area contributed by atoms with Gasteiger partial charge >= 0.3 is 0 Å². The zero-order valence-corrected chi connectivity index (χ0v) is 29.1. The number of amides is 4. The maximum Gasteiger partial charge on any atom is 0.248 e. The summed E-state index contributed by atoms with van der Waals surface area (Å²) in [5.41, 5.74) is 4.07. The predicted octanol–water partition coefficient (Wildman–Crippen LogP) is 3.73. The fourth-order valence-corrected chi connectivity index (χ4v) is 10.9. The molecule has 10 nitrogen and oxygen atoms in total. The molecule has 0 aromatic heterocycles. The summed E-state index contributed by atoms with van der Waals surface area (Å²) in [6, 6.07) is 33.2. The summed E-state index contributed by atoms with van der Waals surface area (Å²) < 4.78 is 0. The number of rotatable bonds is 5. The molecule has 262 valence electrons. The van der Waals surface area contributed by atoms with Crippen molar-refractivity contribution < 1.29 is 19.2 Å². The van der Waals surface area contributed by atoms with Crippen LogP contribution in [-0.2, 0) is 42.8 Å². The largest absolute Gasteiger partial charge is 0.364 e. The Kier molecular flexibility index (Phi) is 6.54. The van der Waals surface area contributed by atoms with Crippen LogP contribution in [-0.4, -0.2) is 93.8 Å². The van der Waals surface area contributed by atoms with E-state index >= 15 is 0 Å². The first kappa shape index (κ1) is 31.1. The molecule has 0 unspecified atom stereocenters. The van der Waals surface area contributed by atoms with Gasteiger partial charge in [-0.05, 0) is 47.2 Å². The Hall–Kier alpha value is -5.64. The zero-order chi connectivity index (χ0) is 35.5. The number of hydrogen-bond acceptors (Lipinski definition) is 6. The first-order valence-electron chi connectivity index (χ1n) is 18.2. The van der Waals surface area contributed by atoms with Crippen molar-refractivity contribution in [3.8, 4) is 0 Å². The second-order valence-corrected chi connectivity index (χ2v) is 15.4. The van der Waals surface area contributed by atoms with Gasteiger partial charge in [-0.15, -0.1) is 0 Å². The first-order valence-corrected chi connectivity index (χ1v) is 18.2. The SMILES string of the molecule is CN1C(=O)[C@H]2C[C@@]3([C@]45C[C@H]6C(=O)N(C)[C@@H](Cc7ccccc7)C(=O)N6[C@@H]4Nc4ccccc45)c4ccccc4N[C@@H]3N2C(=O)[C@H]1Cc1ccccc1. The monoisotopic (exact) mass is 692 g/mol. The Morgan fingerprint density at radius 1 is 0.519 bits per heavy atom. The maximum absolute atomic E-state index is 14.9. The van der Waals surface area contributed by atoms with Crippen LogP contribution in [0.5, 0.6) is 0 Å². The molecular weight excluding hydrogens is 652 g/mol. The van der Waals surface area contributed by atoms with Crippen molar-refractivity contribution in [3.63, 3.8) is 0 Å². The predicted molar refractivity (Wildman–Crippen MR) is 195 cm³/mol. The molecule has 4 fully saturated rings. The standard InChI is InChI=1S/C42H40N6O4/c1-45-31(21-25-13-5-3-6-14-25)37(51)47-33(35(45)49)23-41(27-17-9-11-19-29(27)43-39(41)47)42-24-34-36(50)46(2)32(22-26-15-7-4-8-16-26)38(52)48(34)40(42)44-30-20-12-10-18-28(30)42/h3-20,31-34,39-40,43-44H,21-24H2,1-2H3/t31-,32+,33-,34+,39-,40+,41-,42+. The molecule has 0 bridgehead atoms. The van der Waals surface area contributed by atoms with Gasteiger partial charge in [0.2, 0.25) is 23.6 Å². The Balaban J connectivity index is 1.14. The fraction of sp³-hybridized carbons (Fsp3) is 0.333. The number of carbonyl (C=O) groups is 4. The normalized spacial score (nSPS) is 32.5. The highest BCUT2D eigenvalue weighted by atomic mass is 16.2. The van der Waals surface area contributed by atoms with Crippen molar-refractivity contribution in [3.05, 3.63) is 131 Å². The third kappa shape index (κ3) is 3.84. The number of piperazine rings is 2. The van der Waals surface area contributed by atoms with Crippen LogP contribution in [0.2, 0.25) is 0 Å². The molecular formula is C42H40N6O4. The van der Waals surface area contributed by atoms with E-state index in [0.29, 0.717) is 25.7 Å². The van der Waals surface area contributed by atoms with E-state index in [4.69, 9.17) is 0 Å². The van der Waals surface area contributed by atoms with Gasteiger partial charge in [0.1, 0.15) is 36.5 Å². The number of para-hydroxylation sites is 2. The highest BCUT2D eigenvalue weighted by Crippen LogP contribution is 2.69. The van der Waals surface area contributed by atoms with E-state index in [1.807, 2.05) is 107 Å². The maximum atomic E-state index is 14.9. The molecule has 4 aromatic carbocycles. The summed E-state index contributed by atoms with van der Waals surface area (Å²) in [5.74, 6) is -0.376. The van der Waals surface area contributed by atoms with E-state index in [1.54, 1.807) is 23.9 Å². The molecule has 6 aliphatic heterocycles. The van der Waals surface area contributed by atoms with E-state index in [0.717, 1.165) is 33.6 Å². The minimum Gasteiger partial charge on any atom is -0.364 e. The van der Waals surface area contributed by atoms with Crippen molar-refractivity contribution in [2.24, 2.45) is 0 Å². The van der Waals surface area contributed by atoms with Gasteiger partial charge in [-0.1, -0.05) is 97.1 Å². The van der Waals surface area contributed by atoms with Crippen LogP contribution < -0.4 is 10.6 Å². The highest BCUT2D eigenvalue weighted by Gasteiger charge is 2.78. The second kappa shape index (κ2) is 10.9. The molecule has 4 amide bonds. The van der Waals surface area contributed by atoms with Gasteiger partial charge in [-0.3, -0.25) is 19.2 Å². The molecule has 10 heteroatoms. The number of nitrogens with one attached hydrogen (secondary N) is 2. The van der Waals surface area contributed by atoms with Crippen LogP contribution in [0.15, 0.2) is 109 Å². The Labute approximate surface area is 302 Å². The van der Waals surface area contributed by atoms with E-state index in [2.05, 4.69) is 22.8 Å². The van der Waals surface area contributed by atoms with Crippen molar-refractivity contribution in [1.82, 2.24) is 19.6 Å². The van der Waals surface area contributed by atoms with Crippen LogP contribution in [0.1, 0.15) is 35.1 Å². The number of carbonyl (C=O) groups excluding carboxylic acids is 4. The van der Waals surface area contributed by atoms with Gasteiger partial charge in [-0.25, -0.2) is 0 Å². The van der Waals surface area contributed by atoms with Crippen LogP contribution in [0.4, 0.5) is 11.4 Å². The third-order valence-electron chi connectivity index (χ3n) is 13.2. The lowest BCUT2D eigenvalue weighted by molar-refractivity contribution is -0.159. The van der Waals surface area contributed by atoms with Crippen LogP contribution in [0.25, 0.3) is 0 Å². The minimum atomic E-state index is -0.863. The van der Waals surface area contributed by atoms with Crippen LogP contribution in [0.3, 0.4) is 0 Å². The summed E-state index contributed by atoms with van der Waals surface area (Å²) >= 11 is 0. The lowest BCUT2D eigenvalue weighted by atomic mass is 9.54. The van der Waals surface area contributed by atoms with Gasteiger partial charge < -0.3 is 30.2 Å². The molecule has 2 N–H and O–H groups in total. The van der Waals surface area contributed by atoms with Gasteiger partial charge in [0, 0.05) is 38.3 Å². The summed E-state index contributed by atoms with van der Waals surface area (Å²) in [5, 5.41) is 7.53. The van der Waals surface area contributed by atoms with Gasteiger partial charge in [-0.2, -0.15) is 0 Å². The fourth-order valence-electron chi connectivity index (χ4n) is 10.9. The molecule has 4 saturated heterocycles. The molecule has 52 heavy (non-hydrogen) atoms. The number of anilines is 2. The Morgan fingerprint density at radius 2 is 0.885 bits per heavy atom. The quantitative estimate of drug-likeness (QED) is 0.331. The first-order chi connectivity index (χ1) is 25.3. The molecule has 0 aliphatic carbocycles. The van der Waals surface area contributed by atoms with Crippen molar-refractivity contribution in [1.29, 1.82) is 0 Å². The summed E-state index contributed by atoms with van der Waals surface area (Å²) in [6.07, 6.45) is 0.352. The molecule has 4 aromatic rings. The minimum absolute atomic E-state index is 0.0914. The van der Waals surface area contributed by atoms with E-state index in [-0.39, 0.29) is 23.6 Å².